The van der Waals surface area contributed by atoms with E-state index in [0.717, 1.165) is 12.8 Å². The molecule has 0 aliphatic rings. The third-order valence-electron chi connectivity index (χ3n) is 1.46. The maximum atomic E-state index is 10.9. The minimum atomic E-state index is -0.545. The Morgan fingerprint density at radius 1 is 1.14 bits per heavy atom. The largest absolute Gasteiger partial charge is 0.466 e. The molecule has 0 aliphatic carbocycles. The Kier molecular flexibility index (Phi) is 7.83. The first-order valence-corrected chi connectivity index (χ1v) is 4.72. The first-order chi connectivity index (χ1) is 6.70. The zero-order valence-corrected chi connectivity index (χ0v) is 8.45. The van der Waals surface area contributed by atoms with E-state index in [2.05, 4.69) is 4.74 Å². The predicted molar refractivity (Wildman–Crippen MR) is 50.5 cm³/mol. The summed E-state index contributed by atoms with van der Waals surface area (Å²) in [5.74, 6) is -1.09. The van der Waals surface area contributed by atoms with Crippen LogP contribution in [0.5, 0.6) is 0 Å². The van der Waals surface area contributed by atoms with Crippen LogP contribution in [0, 0.1) is 0 Å². The fourth-order valence-electron chi connectivity index (χ4n) is 0.813. The number of hydrogen-bond donors (Lipinski definition) is 1. The highest BCUT2D eigenvalue weighted by Gasteiger charge is 2.10. The van der Waals surface area contributed by atoms with Crippen molar-refractivity contribution in [3.63, 3.8) is 0 Å². The van der Waals surface area contributed by atoms with Crippen LogP contribution in [0.4, 0.5) is 0 Å². The highest BCUT2D eigenvalue weighted by atomic mass is 16.6. The lowest BCUT2D eigenvalue weighted by atomic mass is 10.3. The summed E-state index contributed by atoms with van der Waals surface area (Å²) in [5.41, 5.74) is 5.25. The van der Waals surface area contributed by atoms with Gasteiger partial charge in [-0.1, -0.05) is 0 Å². The molecule has 0 unspecified atom stereocenters. The second-order valence-corrected chi connectivity index (χ2v) is 2.70. The van der Waals surface area contributed by atoms with Crippen molar-refractivity contribution in [2.45, 2.75) is 26.2 Å². The van der Waals surface area contributed by atoms with Crippen molar-refractivity contribution < 1.29 is 19.1 Å². The molecule has 5 nitrogen and oxygen atoms in total. The topological polar surface area (TPSA) is 78.6 Å². The van der Waals surface area contributed by atoms with E-state index < -0.39 is 11.9 Å². The molecule has 0 aromatic rings. The normalized spacial score (nSPS) is 9.57. The fourth-order valence-corrected chi connectivity index (χ4v) is 0.813. The standard InChI is InChI=1S/C9H17NO4/c1-2-13-8(11)7-9(12)14-6-4-3-5-10/h2-7,10H2,1H3. The molecule has 0 atom stereocenters. The Balaban J connectivity index is 3.40. The molecule has 0 amide bonds. The van der Waals surface area contributed by atoms with E-state index in [0.29, 0.717) is 13.2 Å². The van der Waals surface area contributed by atoms with Crippen LogP contribution in [-0.2, 0) is 19.1 Å². The number of carbonyl (C=O) groups is 2. The van der Waals surface area contributed by atoms with Gasteiger partial charge in [0.05, 0.1) is 13.2 Å². The molecular weight excluding hydrogens is 186 g/mol. The van der Waals surface area contributed by atoms with Gasteiger partial charge < -0.3 is 15.2 Å². The van der Waals surface area contributed by atoms with Gasteiger partial charge in [0.2, 0.25) is 0 Å². The van der Waals surface area contributed by atoms with Crippen molar-refractivity contribution in [1.82, 2.24) is 0 Å². The highest BCUT2D eigenvalue weighted by Crippen LogP contribution is 1.93. The van der Waals surface area contributed by atoms with Gasteiger partial charge in [-0.15, -0.1) is 0 Å². The van der Waals surface area contributed by atoms with Crippen molar-refractivity contribution in [2.24, 2.45) is 5.73 Å². The summed E-state index contributed by atoms with van der Waals surface area (Å²) in [5, 5.41) is 0. The molecule has 5 heteroatoms. The number of esters is 2. The van der Waals surface area contributed by atoms with E-state index >= 15 is 0 Å². The smallest absolute Gasteiger partial charge is 0.317 e. The zero-order chi connectivity index (χ0) is 10.8. The summed E-state index contributed by atoms with van der Waals surface area (Å²) in [6.45, 7) is 2.86. The number of ether oxygens (including phenoxy) is 2. The second-order valence-electron chi connectivity index (χ2n) is 2.70. The number of unbranched alkanes of at least 4 members (excludes halogenated alkanes) is 1. The number of hydrogen-bond acceptors (Lipinski definition) is 5. The van der Waals surface area contributed by atoms with Gasteiger partial charge in [0.15, 0.2) is 0 Å². The van der Waals surface area contributed by atoms with E-state index in [-0.39, 0.29) is 13.0 Å². The molecule has 0 fully saturated rings. The molecule has 82 valence electrons. The first-order valence-electron chi connectivity index (χ1n) is 4.72. The Hall–Kier alpha value is -1.10. The van der Waals surface area contributed by atoms with Crippen molar-refractivity contribution in [1.29, 1.82) is 0 Å². The Labute approximate surface area is 83.5 Å². The van der Waals surface area contributed by atoms with Crippen LogP contribution in [0.1, 0.15) is 26.2 Å². The maximum absolute atomic E-state index is 10.9. The summed E-state index contributed by atoms with van der Waals surface area (Å²) in [4.78, 5) is 21.7. The van der Waals surface area contributed by atoms with Crippen LogP contribution in [0.15, 0.2) is 0 Å². The van der Waals surface area contributed by atoms with Gasteiger partial charge in [0.25, 0.3) is 0 Å². The van der Waals surface area contributed by atoms with Gasteiger partial charge in [-0.05, 0) is 26.3 Å². The van der Waals surface area contributed by atoms with Crippen LogP contribution in [0.3, 0.4) is 0 Å². The highest BCUT2D eigenvalue weighted by molar-refractivity contribution is 5.91. The third-order valence-corrected chi connectivity index (χ3v) is 1.46. The lowest BCUT2D eigenvalue weighted by molar-refractivity contribution is -0.154. The lowest BCUT2D eigenvalue weighted by Crippen LogP contribution is -2.14. The molecule has 2 N–H and O–H groups in total. The second kappa shape index (κ2) is 8.50. The van der Waals surface area contributed by atoms with Gasteiger partial charge in [-0.2, -0.15) is 0 Å². The number of rotatable bonds is 7. The van der Waals surface area contributed by atoms with Crippen molar-refractivity contribution in [3.05, 3.63) is 0 Å². The molecule has 0 aromatic heterocycles. The number of nitrogens with two attached hydrogens (primary N) is 1. The summed E-state index contributed by atoms with van der Waals surface area (Å²) in [6, 6.07) is 0. The number of carbonyl (C=O) groups excluding carboxylic acids is 2. The molecule has 0 radical (unpaired) electrons. The Morgan fingerprint density at radius 3 is 2.36 bits per heavy atom. The van der Waals surface area contributed by atoms with Gasteiger partial charge >= 0.3 is 11.9 Å². The molecule has 0 rings (SSSR count). The van der Waals surface area contributed by atoms with Gasteiger partial charge in [-0.3, -0.25) is 9.59 Å². The lowest BCUT2D eigenvalue weighted by Gasteiger charge is -2.03. The summed E-state index contributed by atoms with van der Waals surface area (Å²) >= 11 is 0. The van der Waals surface area contributed by atoms with E-state index in [1.54, 1.807) is 6.92 Å². The van der Waals surface area contributed by atoms with Crippen molar-refractivity contribution in [3.8, 4) is 0 Å². The van der Waals surface area contributed by atoms with Gasteiger partial charge in [0.1, 0.15) is 6.42 Å². The summed E-state index contributed by atoms with van der Waals surface area (Å²) in [7, 11) is 0. The molecule has 0 saturated carbocycles. The van der Waals surface area contributed by atoms with E-state index in [1.165, 1.54) is 0 Å². The zero-order valence-electron chi connectivity index (χ0n) is 8.45. The average Bonchev–Trinajstić information content (AvgIpc) is 2.13. The van der Waals surface area contributed by atoms with Crippen molar-refractivity contribution >= 4 is 11.9 Å². The van der Waals surface area contributed by atoms with Crippen LogP contribution in [0.25, 0.3) is 0 Å². The van der Waals surface area contributed by atoms with E-state index in [4.69, 9.17) is 10.5 Å². The average molecular weight is 203 g/mol. The summed E-state index contributed by atoms with van der Waals surface area (Å²) < 4.78 is 9.35. The Morgan fingerprint density at radius 2 is 1.79 bits per heavy atom. The molecule has 0 heterocycles. The fraction of sp³-hybridized carbons (Fsp3) is 0.778. The van der Waals surface area contributed by atoms with Crippen LogP contribution >= 0.6 is 0 Å². The first kappa shape index (κ1) is 12.9. The predicted octanol–water partition coefficient (Wildman–Crippen LogP) is 0.222. The van der Waals surface area contributed by atoms with Crippen LogP contribution < -0.4 is 5.73 Å². The van der Waals surface area contributed by atoms with Gasteiger partial charge in [0, 0.05) is 0 Å². The molecule has 0 aliphatic heterocycles. The van der Waals surface area contributed by atoms with E-state index in [1.807, 2.05) is 0 Å². The maximum Gasteiger partial charge on any atom is 0.317 e. The van der Waals surface area contributed by atoms with Gasteiger partial charge in [-0.25, -0.2) is 0 Å². The monoisotopic (exact) mass is 203 g/mol. The minimum Gasteiger partial charge on any atom is -0.466 e. The third kappa shape index (κ3) is 7.54. The Bertz CT molecular complexity index is 182. The molecule has 0 bridgehead atoms. The quantitative estimate of drug-likeness (QED) is 0.364. The molecule has 0 spiro atoms. The molecule has 0 saturated heterocycles. The molecule has 14 heavy (non-hydrogen) atoms. The molecule has 0 aromatic carbocycles. The van der Waals surface area contributed by atoms with Crippen LogP contribution in [-0.4, -0.2) is 31.7 Å². The summed E-state index contributed by atoms with van der Waals surface area (Å²) in [6.07, 6.45) is 1.23. The minimum absolute atomic E-state index is 0.277. The van der Waals surface area contributed by atoms with Crippen LogP contribution in [0.2, 0.25) is 0 Å². The SMILES string of the molecule is CCOC(=O)CC(=O)OCCCCN. The van der Waals surface area contributed by atoms with Crippen molar-refractivity contribution in [2.75, 3.05) is 19.8 Å². The molecular formula is C9H17NO4. The van der Waals surface area contributed by atoms with E-state index in [9.17, 15) is 9.59 Å².